The van der Waals surface area contributed by atoms with Gasteiger partial charge in [-0.25, -0.2) is 0 Å². The fourth-order valence-electron chi connectivity index (χ4n) is 6.20. The van der Waals surface area contributed by atoms with E-state index in [0.29, 0.717) is 5.92 Å². The van der Waals surface area contributed by atoms with E-state index in [9.17, 15) is 0 Å². The Bertz CT molecular complexity index is 1500. The number of fused-ring (bicyclic) bond motifs is 3. The van der Waals surface area contributed by atoms with Crippen LogP contribution in [0.5, 0.6) is 0 Å². The van der Waals surface area contributed by atoms with Crippen LogP contribution >= 0.6 is 0 Å². The third kappa shape index (κ3) is 4.40. The molecule has 1 unspecified atom stereocenters. The van der Waals surface area contributed by atoms with Gasteiger partial charge in [0.1, 0.15) is 0 Å². The highest BCUT2D eigenvalue weighted by Crippen LogP contribution is 2.52. The summed E-state index contributed by atoms with van der Waals surface area (Å²) in [5.41, 5.74) is 12.6. The van der Waals surface area contributed by atoms with Crippen molar-refractivity contribution in [3.63, 3.8) is 0 Å². The van der Waals surface area contributed by atoms with E-state index < -0.39 is 5.54 Å². The lowest BCUT2D eigenvalue weighted by Gasteiger charge is -2.42. The van der Waals surface area contributed by atoms with Crippen molar-refractivity contribution in [3.8, 4) is 11.1 Å². The Morgan fingerprint density at radius 3 is 1.52 bits per heavy atom. The normalized spacial score (nSPS) is 15.3. The number of benzene rings is 4. The van der Waals surface area contributed by atoms with Gasteiger partial charge in [-0.1, -0.05) is 119 Å². The summed E-state index contributed by atoms with van der Waals surface area (Å²) < 4.78 is 0. The van der Waals surface area contributed by atoms with Crippen LogP contribution in [0.15, 0.2) is 97.6 Å². The molecule has 0 heterocycles. The first-order chi connectivity index (χ1) is 18.8. The van der Waals surface area contributed by atoms with Crippen molar-refractivity contribution >= 4 is 11.4 Å². The van der Waals surface area contributed by atoms with E-state index in [1.165, 1.54) is 44.5 Å². The quantitative estimate of drug-likeness (QED) is 0.216. The zero-order chi connectivity index (χ0) is 29.0. The monoisotopic (exact) mass is 527 g/mol. The Morgan fingerprint density at radius 1 is 0.675 bits per heavy atom. The lowest BCUT2D eigenvalue weighted by molar-refractivity contribution is 0.371. The molecule has 0 saturated carbocycles. The number of hydrogen-bond donors (Lipinski definition) is 0. The van der Waals surface area contributed by atoms with Crippen LogP contribution in [0.1, 0.15) is 81.8 Å². The zero-order valence-corrected chi connectivity index (χ0v) is 25.9. The lowest BCUT2D eigenvalue weighted by Crippen LogP contribution is -2.39. The van der Waals surface area contributed by atoms with E-state index in [1.54, 1.807) is 0 Å². The second kappa shape index (κ2) is 9.81. The molecule has 0 fully saturated rings. The minimum Gasteiger partial charge on any atom is -0.328 e. The van der Waals surface area contributed by atoms with Crippen molar-refractivity contribution in [3.05, 3.63) is 131 Å². The molecule has 1 atom stereocenters. The van der Waals surface area contributed by atoms with Crippen molar-refractivity contribution in [1.29, 1.82) is 0 Å². The summed E-state index contributed by atoms with van der Waals surface area (Å²) in [5, 5.41) is 0. The number of aryl methyl sites for hydroxylation is 2. The molecule has 40 heavy (non-hydrogen) atoms. The van der Waals surface area contributed by atoms with E-state index in [4.69, 9.17) is 0 Å². The van der Waals surface area contributed by atoms with E-state index in [-0.39, 0.29) is 10.8 Å². The molecule has 0 aliphatic heterocycles. The van der Waals surface area contributed by atoms with Gasteiger partial charge in [-0.05, 0) is 89.8 Å². The van der Waals surface area contributed by atoms with Crippen molar-refractivity contribution < 1.29 is 0 Å². The number of rotatable bonds is 7. The van der Waals surface area contributed by atoms with Crippen molar-refractivity contribution in [2.45, 2.75) is 78.7 Å². The highest BCUT2D eigenvalue weighted by Gasteiger charge is 2.40. The summed E-state index contributed by atoms with van der Waals surface area (Å²) in [6.07, 6.45) is 2.10. The molecule has 0 radical (unpaired) electrons. The number of hydrogen-bond acceptors (Lipinski definition) is 1. The largest absolute Gasteiger partial charge is 0.328 e. The zero-order valence-electron chi connectivity index (χ0n) is 25.9. The Hall–Kier alpha value is -3.58. The molecule has 0 spiro atoms. The Labute approximate surface area is 242 Å². The smallest absolute Gasteiger partial charge is 0.0855 e. The maximum absolute atomic E-state index is 4.40. The summed E-state index contributed by atoms with van der Waals surface area (Å²) in [7, 11) is 0. The minimum atomic E-state index is -0.463. The lowest BCUT2D eigenvalue weighted by atomic mass is 9.73. The van der Waals surface area contributed by atoms with Crippen molar-refractivity contribution in [1.82, 2.24) is 0 Å². The van der Waals surface area contributed by atoms with Gasteiger partial charge in [0.25, 0.3) is 0 Å². The highest BCUT2D eigenvalue weighted by atomic mass is 15.2. The van der Waals surface area contributed by atoms with Crippen LogP contribution in [0.3, 0.4) is 0 Å². The topological polar surface area (TPSA) is 3.24 Å². The van der Waals surface area contributed by atoms with Crippen molar-refractivity contribution in [2.24, 2.45) is 5.92 Å². The fraction of sp³-hybridized carbons (Fsp3) is 0.333. The van der Waals surface area contributed by atoms with Crippen LogP contribution in [-0.4, -0.2) is 0 Å². The molecular formula is C39H45N. The van der Waals surface area contributed by atoms with E-state index in [1.807, 2.05) is 0 Å². The average Bonchev–Trinajstić information content (AvgIpc) is 3.16. The first-order valence-electron chi connectivity index (χ1n) is 14.7. The van der Waals surface area contributed by atoms with Crippen LogP contribution in [0.25, 0.3) is 11.1 Å². The second-order valence-corrected chi connectivity index (χ2v) is 13.4. The van der Waals surface area contributed by atoms with Gasteiger partial charge >= 0.3 is 0 Å². The molecule has 0 N–H and O–H groups in total. The SMILES string of the molecule is C=CC(C)(c1ccc2c(c1)C(C)(C)c1cc(C(C)(C)C(C)C)ccc1-2)N(c1ccc(C)cc1)c1ccc(C)cc1. The molecule has 1 nitrogen and oxygen atoms in total. The summed E-state index contributed by atoms with van der Waals surface area (Å²) in [4.78, 5) is 2.43. The molecule has 0 saturated heterocycles. The summed E-state index contributed by atoms with van der Waals surface area (Å²) in [6, 6.07) is 32.0. The van der Waals surface area contributed by atoms with Crippen LogP contribution < -0.4 is 4.90 Å². The van der Waals surface area contributed by atoms with E-state index in [2.05, 4.69) is 165 Å². The molecule has 0 aromatic heterocycles. The summed E-state index contributed by atoms with van der Waals surface area (Å²) in [5.74, 6) is 0.562. The predicted octanol–water partition coefficient (Wildman–Crippen LogP) is 10.8. The molecule has 1 aliphatic carbocycles. The first kappa shape index (κ1) is 28.0. The van der Waals surface area contributed by atoms with Gasteiger partial charge in [0.2, 0.25) is 0 Å². The highest BCUT2D eigenvalue weighted by molar-refractivity contribution is 5.82. The summed E-state index contributed by atoms with van der Waals surface area (Å²) in [6.45, 7) is 25.1. The standard InChI is InChI=1S/C39H45N/c1-11-39(10,40(31-18-12-27(4)13-19-31)32-20-14-28(5)15-21-32)30-17-23-34-33-22-16-29(37(6,7)26(2)3)24-35(33)38(8,9)36(34)25-30/h11-26H,1H2,2-10H3. The Kier molecular flexibility index (Phi) is 6.86. The average molecular weight is 528 g/mol. The number of anilines is 2. The molecule has 206 valence electrons. The molecular weight excluding hydrogens is 482 g/mol. The summed E-state index contributed by atoms with van der Waals surface area (Å²) >= 11 is 0. The fourth-order valence-corrected chi connectivity index (χ4v) is 6.20. The van der Waals surface area contributed by atoms with Crippen LogP contribution in [-0.2, 0) is 16.4 Å². The van der Waals surface area contributed by atoms with Gasteiger partial charge in [-0.2, -0.15) is 0 Å². The third-order valence-corrected chi connectivity index (χ3v) is 9.89. The number of nitrogens with zero attached hydrogens (tertiary/aromatic N) is 1. The van der Waals surface area contributed by atoms with Gasteiger partial charge < -0.3 is 4.90 Å². The van der Waals surface area contributed by atoms with Gasteiger partial charge in [0.05, 0.1) is 5.54 Å². The maximum atomic E-state index is 4.40. The third-order valence-electron chi connectivity index (χ3n) is 9.89. The Balaban J connectivity index is 1.66. The molecule has 4 aromatic rings. The van der Waals surface area contributed by atoms with Crippen LogP contribution in [0.4, 0.5) is 11.4 Å². The predicted molar refractivity (Wildman–Crippen MR) is 174 cm³/mol. The van der Waals surface area contributed by atoms with E-state index in [0.717, 1.165) is 11.4 Å². The van der Waals surface area contributed by atoms with Crippen molar-refractivity contribution in [2.75, 3.05) is 4.90 Å². The maximum Gasteiger partial charge on any atom is 0.0855 e. The van der Waals surface area contributed by atoms with E-state index >= 15 is 0 Å². The molecule has 4 aromatic carbocycles. The van der Waals surface area contributed by atoms with Gasteiger partial charge in [0.15, 0.2) is 0 Å². The molecule has 5 rings (SSSR count). The van der Waals surface area contributed by atoms with Crippen LogP contribution in [0.2, 0.25) is 0 Å². The molecule has 0 amide bonds. The molecule has 1 heteroatoms. The minimum absolute atomic E-state index is 0.0929. The van der Waals surface area contributed by atoms with Gasteiger partial charge in [-0.15, -0.1) is 6.58 Å². The molecule has 0 bridgehead atoms. The second-order valence-electron chi connectivity index (χ2n) is 13.4. The van der Waals surface area contributed by atoms with Gasteiger partial charge in [-0.3, -0.25) is 0 Å². The van der Waals surface area contributed by atoms with Crippen LogP contribution in [0, 0.1) is 19.8 Å². The first-order valence-corrected chi connectivity index (χ1v) is 14.7. The van der Waals surface area contributed by atoms with Gasteiger partial charge in [0, 0.05) is 16.8 Å². The Morgan fingerprint density at radius 2 is 1.10 bits per heavy atom. The molecule has 1 aliphatic rings.